The topological polar surface area (TPSA) is 94.7 Å². The molecule has 1 atom stereocenters. The second-order valence-electron chi connectivity index (χ2n) is 8.88. The van der Waals surface area contributed by atoms with Gasteiger partial charge in [-0.05, 0) is 51.1 Å². The molecular formula is C24H30Cl2N6O. The number of hydrogen-bond donors (Lipinski definition) is 4. The number of para-hydroxylation sites is 1. The van der Waals surface area contributed by atoms with Crippen molar-refractivity contribution in [1.82, 2.24) is 25.6 Å². The van der Waals surface area contributed by atoms with Gasteiger partial charge in [0.05, 0.1) is 22.8 Å². The number of anilines is 1. The van der Waals surface area contributed by atoms with Crippen LogP contribution in [0.15, 0.2) is 36.7 Å². The van der Waals surface area contributed by atoms with Gasteiger partial charge in [0.2, 0.25) is 11.9 Å². The van der Waals surface area contributed by atoms with Gasteiger partial charge in [-0.25, -0.2) is 9.97 Å². The zero-order chi connectivity index (χ0) is 21.9. The Kier molecular flexibility index (Phi) is 7.73. The minimum absolute atomic E-state index is 0. The van der Waals surface area contributed by atoms with Crippen molar-refractivity contribution < 1.29 is 4.79 Å². The molecule has 3 heterocycles. The SMILES string of the molecule is Cl.O=C(N[C@H]1CC[C@H](Nc2ncc(Cl)c(-c3c[nH]c4ccccc34)n2)CC1)C1CCCNC1. The lowest BCUT2D eigenvalue weighted by Gasteiger charge is -2.31. The molecule has 1 saturated heterocycles. The molecule has 1 aliphatic heterocycles. The Labute approximate surface area is 204 Å². The summed E-state index contributed by atoms with van der Waals surface area (Å²) >= 11 is 6.45. The van der Waals surface area contributed by atoms with Gasteiger partial charge in [0.1, 0.15) is 0 Å². The quantitative estimate of drug-likeness (QED) is 0.422. The van der Waals surface area contributed by atoms with Crippen LogP contribution in [0, 0.1) is 5.92 Å². The van der Waals surface area contributed by atoms with E-state index < -0.39 is 0 Å². The van der Waals surface area contributed by atoms with Gasteiger partial charge in [-0.2, -0.15) is 0 Å². The summed E-state index contributed by atoms with van der Waals surface area (Å²) in [4.78, 5) is 24.9. The van der Waals surface area contributed by atoms with E-state index in [0.717, 1.165) is 73.8 Å². The third kappa shape index (κ3) is 5.42. The van der Waals surface area contributed by atoms with Crippen LogP contribution in [-0.2, 0) is 4.79 Å². The zero-order valence-electron chi connectivity index (χ0n) is 18.4. The highest BCUT2D eigenvalue weighted by Gasteiger charge is 2.27. The number of fused-ring (bicyclic) bond motifs is 1. The number of aromatic amines is 1. The van der Waals surface area contributed by atoms with Crippen LogP contribution in [0.1, 0.15) is 38.5 Å². The van der Waals surface area contributed by atoms with Crippen molar-refractivity contribution >= 4 is 46.8 Å². The maximum Gasteiger partial charge on any atom is 0.224 e. The zero-order valence-corrected chi connectivity index (χ0v) is 20.0. The van der Waals surface area contributed by atoms with Gasteiger partial charge in [-0.3, -0.25) is 4.79 Å². The predicted molar refractivity (Wildman–Crippen MR) is 135 cm³/mol. The molecule has 1 aliphatic carbocycles. The van der Waals surface area contributed by atoms with Gasteiger partial charge >= 0.3 is 0 Å². The Balaban J connectivity index is 0.00000259. The Hall–Kier alpha value is -2.35. The fourth-order valence-corrected chi connectivity index (χ4v) is 5.05. The van der Waals surface area contributed by atoms with Gasteiger partial charge < -0.3 is 20.9 Å². The second kappa shape index (κ2) is 10.7. The van der Waals surface area contributed by atoms with Crippen molar-refractivity contribution in [3.63, 3.8) is 0 Å². The highest BCUT2D eigenvalue weighted by atomic mass is 35.5. The van der Waals surface area contributed by atoms with Crippen molar-refractivity contribution in [2.24, 2.45) is 5.92 Å². The highest BCUT2D eigenvalue weighted by molar-refractivity contribution is 6.33. The van der Waals surface area contributed by atoms with E-state index in [4.69, 9.17) is 16.6 Å². The summed E-state index contributed by atoms with van der Waals surface area (Å²) in [6.07, 6.45) is 9.55. The molecular weight excluding hydrogens is 459 g/mol. The van der Waals surface area contributed by atoms with Crippen LogP contribution in [0.3, 0.4) is 0 Å². The van der Waals surface area contributed by atoms with Crippen molar-refractivity contribution in [3.8, 4) is 11.3 Å². The number of benzene rings is 1. The number of amides is 1. The number of aromatic nitrogens is 3. The number of carbonyl (C=O) groups is 1. The van der Waals surface area contributed by atoms with Crippen molar-refractivity contribution in [2.45, 2.75) is 50.6 Å². The lowest BCUT2D eigenvalue weighted by Crippen LogP contribution is -2.46. The van der Waals surface area contributed by atoms with E-state index >= 15 is 0 Å². The monoisotopic (exact) mass is 488 g/mol. The largest absolute Gasteiger partial charge is 0.360 e. The van der Waals surface area contributed by atoms with E-state index in [0.29, 0.717) is 11.0 Å². The molecule has 2 aliphatic rings. The summed E-state index contributed by atoms with van der Waals surface area (Å²) < 4.78 is 0. The number of H-pyrrole nitrogens is 1. The summed E-state index contributed by atoms with van der Waals surface area (Å²) in [5, 5.41) is 11.7. The molecule has 0 spiro atoms. The predicted octanol–water partition coefficient (Wildman–Crippen LogP) is 4.54. The molecule has 2 aromatic heterocycles. The number of nitrogens with zero attached hydrogens (tertiary/aromatic N) is 2. The first-order valence-corrected chi connectivity index (χ1v) is 11.9. The molecule has 5 rings (SSSR count). The van der Waals surface area contributed by atoms with E-state index in [1.165, 1.54) is 0 Å². The molecule has 1 saturated carbocycles. The molecule has 2 fully saturated rings. The van der Waals surface area contributed by atoms with E-state index in [2.05, 4.69) is 32.0 Å². The van der Waals surface area contributed by atoms with Gasteiger partial charge in [0.15, 0.2) is 0 Å². The first kappa shape index (κ1) is 23.8. The summed E-state index contributed by atoms with van der Waals surface area (Å²) in [6.45, 7) is 1.82. The Morgan fingerprint density at radius 2 is 1.88 bits per heavy atom. The molecule has 4 N–H and O–H groups in total. The smallest absolute Gasteiger partial charge is 0.224 e. The summed E-state index contributed by atoms with van der Waals surface area (Å²) in [5.41, 5.74) is 2.75. The highest BCUT2D eigenvalue weighted by Crippen LogP contribution is 2.32. The molecule has 1 amide bonds. The van der Waals surface area contributed by atoms with Crippen molar-refractivity contribution in [2.75, 3.05) is 18.4 Å². The van der Waals surface area contributed by atoms with Gasteiger partial charge in [0.25, 0.3) is 0 Å². The number of halogens is 2. The molecule has 33 heavy (non-hydrogen) atoms. The van der Waals surface area contributed by atoms with Gasteiger partial charge in [-0.15, -0.1) is 12.4 Å². The first-order valence-electron chi connectivity index (χ1n) is 11.5. The van der Waals surface area contributed by atoms with Crippen LogP contribution in [0.5, 0.6) is 0 Å². The number of carbonyl (C=O) groups excluding carboxylic acids is 1. The fraction of sp³-hybridized carbons (Fsp3) is 0.458. The molecule has 9 heteroatoms. The average molecular weight is 489 g/mol. The van der Waals surface area contributed by atoms with Crippen LogP contribution in [0.2, 0.25) is 5.02 Å². The molecule has 0 bridgehead atoms. The van der Waals surface area contributed by atoms with Gasteiger partial charge in [0, 0.05) is 41.3 Å². The molecule has 0 radical (unpaired) electrons. The van der Waals surface area contributed by atoms with Crippen LogP contribution in [-0.4, -0.2) is 46.0 Å². The molecule has 7 nitrogen and oxygen atoms in total. The van der Waals surface area contributed by atoms with E-state index in [-0.39, 0.29) is 36.3 Å². The minimum atomic E-state index is 0. The van der Waals surface area contributed by atoms with Crippen LogP contribution >= 0.6 is 24.0 Å². The number of rotatable bonds is 5. The lowest BCUT2D eigenvalue weighted by atomic mass is 9.90. The minimum Gasteiger partial charge on any atom is -0.360 e. The third-order valence-electron chi connectivity index (χ3n) is 6.66. The number of hydrogen-bond acceptors (Lipinski definition) is 5. The molecule has 176 valence electrons. The third-order valence-corrected chi connectivity index (χ3v) is 6.94. The lowest BCUT2D eigenvalue weighted by molar-refractivity contribution is -0.126. The van der Waals surface area contributed by atoms with Crippen molar-refractivity contribution in [1.29, 1.82) is 0 Å². The normalized spacial score (nSPS) is 23.0. The summed E-state index contributed by atoms with van der Waals surface area (Å²) in [7, 11) is 0. The van der Waals surface area contributed by atoms with Crippen LogP contribution < -0.4 is 16.0 Å². The summed E-state index contributed by atoms with van der Waals surface area (Å²) in [6, 6.07) is 8.66. The van der Waals surface area contributed by atoms with E-state index in [1.54, 1.807) is 6.20 Å². The van der Waals surface area contributed by atoms with E-state index in [1.807, 2.05) is 24.4 Å². The van der Waals surface area contributed by atoms with Gasteiger partial charge in [-0.1, -0.05) is 29.8 Å². The maximum atomic E-state index is 12.5. The number of nitrogens with one attached hydrogen (secondary N) is 4. The standard InChI is InChI=1S/C24H29ClN6O.ClH/c25-20-14-28-24(31-22(20)19-13-27-21-6-2-1-5-18(19)21)30-17-9-7-16(8-10-17)29-23(32)15-4-3-11-26-12-15;/h1-2,5-6,13-17,26-27H,3-4,7-12H2,(H,29,32)(H,28,30,31);1H/t15?,16-,17-;. The Morgan fingerprint density at radius 3 is 2.67 bits per heavy atom. The molecule has 1 unspecified atom stereocenters. The van der Waals surface area contributed by atoms with Crippen LogP contribution in [0.25, 0.3) is 22.2 Å². The fourth-order valence-electron chi connectivity index (χ4n) is 4.85. The second-order valence-corrected chi connectivity index (χ2v) is 9.29. The van der Waals surface area contributed by atoms with Crippen molar-refractivity contribution in [3.05, 3.63) is 41.7 Å². The molecule has 1 aromatic carbocycles. The van der Waals surface area contributed by atoms with Crippen LogP contribution in [0.4, 0.5) is 5.95 Å². The Bertz CT molecular complexity index is 1090. The average Bonchev–Trinajstić information content (AvgIpc) is 3.26. The Morgan fingerprint density at radius 1 is 1.09 bits per heavy atom. The molecule has 3 aromatic rings. The summed E-state index contributed by atoms with van der Waals surface area (Å²) in [5.74, 6) is 0.915. The first-order chi connectivity index (χ1) is 15.7. The maximum absolute atomic E-state index is 12.5. The number of piperidine rings is 1. The van der Waals surface area contributed by atoms with E-state index in [9.17, 15) is 4.79 Å².